The molecule has 154 valence electrons. The van der Waals surface area contributed by atoms with Crippen LogP contribution in [0.5, 0.6) is 0 Å². The maximum absolute atomic E-state index is 12.5. The molecular formula is C24H31N3OS. The fraction of sp³-hybridized carbons (Fsp3) is 0.458. The minimum absolute atomic E-state index is 0.000137. The Morgan fingerprint density at radius 3 is 2.59 bits per heavy atom. The first kappa shape index (κ1) is 20.1. The number of nitrogens with one attached hydrogen (secondary N) is 2. The van der Waals surface area contributed by atoms with Gasteiger partial charge in [0.15, 0.2) is 5.50 Å². The van der Waals surface area contributed by atoms with Crippen LogP contribution in [-0.2, 0) is 11.2 Å². The number of benzene rings is 1. The zero-order valence-electron chi connectivity index (χ0n) is 17.6. The molecule has 1 saturated carbocycles. The van der Waals surface area contributed by atoms with Gasteiger partial charge in [-0.25, -0.2) is 0 Å². The molecular weight excluding hydrogens is 378 g/mol. The maximum atomic E-state index is 12.5. The monoisotopic (exact) mass is 409 g/mol. The number of aryl methyl sites for hydroxylation is 2. The molecule has 2 aliphatic rings. The van der Waals surface area contributed by atoms with Crippen molar-refractivity contribution in [2.24, 2.45) is 0 Å². The molecule has 29 heavy (non-hydrogen) atoms. The molecule has 4 nitrogen and oxygen atoms in total. The Morgan fingerprint density at radius 2 is 1.90 bits per heavy atom. The average Bonchev–Trinajstić information content (AvgIpc) is 3.21. The molecule has 0 unspecified atom stereocenters. The van der Waals surface area contributed by atoms with E-state index in [4.69, 9.17) is 0 Å². The Kier molecular flexibility index (Phi) is 6.04. The average molecular weight is 410 g/mol. The summed E-state index contributed by atoms with van der Waals surface area (Å²) < 4.78 is 2.49. The van der Waals surface area contributed by atoms with Gasteiger partial charge in [-0.15, -0.1) is 0 Å². The van der Waals surface area contributed by atoms with Gasteiger partial charge in [0.2, 0.25) is 0 Å². The lowest BCUT2D eigenvalue weighted by molar-refractivity contribution is -0.116. The Bertz CT molecular complexity index is 907. The Hall–Kier alpha value is -2.14. The molecule has 1 saturated heterocycles. The van der Waals surface area contributed by atoms with E-state index in [0.29, 0.717) is 6.04 Å². The van der Waals surface area contributed by atoms with Crippen LogP contribution in [-0.4, -0.2) is 16.0 Å². The molecule has 1 aliphatic heterocycles. The van der Waals surface area contributed by atoms with E-state index in [1.165, 1.54) is 54.6 Å². The Morgan fingerprint density at radius 1 is 1.17 bits per heavy atom. The zero-order chi connectivity index (χ0) is 20.4. The van der Waals surface area contributed by atoms with E-state index in [0.717, 1.165) is 17.0 Å². The zero-order valence-corrected chi connectivity index (χ0v) is 18.4. The fourth-order valence-corrected chi connectivity index (χ4v) is 5.52. The van der Waals surface area contributed by atoms with Gasteiger partial charge in [0, 0.05) is 23.1 Å². The molecule has 0 spiro atoms. The van der Waals surface area contributed by atoms with Crippen molar-refractivity contribution in [3.63, 3.8) is 0 Å². The van der Waals surface area contributed by atoms with Crippen LogP contribution in [0.15, 0.2) is 35.2 Å². The molecule has 2 N–H and O–H groups in total. The van der Waals surface area contributed by atoms with Crippen molar-refractivity contribution in [2.75, 3.05) is 5.32 Å². The van der Waals surface area contributed by atoms with Gasteiger partial charge in [-0.1, -0.05) is 50.1 Å². The van der Waals surface area contributed by atoms with Gasteiger partial charge in [0.05, 0.1) is 4.91 Å². The molecule has 1 aromatic carbocycles. The van der Waals surface area contributed by atoms with Crippen LogP contribution in [0.25, 0.3) is 6.08 Å². The molecule has 2 aromatic rings. The third-order valence-corrected chi connectivity index (χ3v) is 7.17. The summed E-state index contributed by atoms with van der Waals surface area (Å²) in [6.45, 7) is 6.53. The number of hydrogen-bond donors (Lipinski definition) is 2. The number of rotatable bonds is 5. The lowest BCUT2D eigenvalue weighted by Crippen LogP contribution is -2.30. The van der Waals surface area contributed by atoms with Gasteiger partial charge in [-0.3, -0.25) is 4.79 Å². The van der Waals surface area contributed by atoms with Gasteiger partial charge < -0.3 is 15.2 Å². The third-order valence-electron chi connectivity index (χ3n) is 6.14. The molecule has 4 rings (SSSR count). The first-order valence-electron chi connectivity index (χ1n) is 10.8. The van der Waals surface area contributed by atoms with Crippen LogP contribution >= 0.6 is 11.8 Å². The van der Waals surface area contributed by atoms with Gasteiger partial charge in [0.1, 0.15) is 0 Å². The highest BCUT2D eigenvalue weighted by molar-refractivity contribution is 8.05. The summed E-state index contributed by atoms with van der Waals surface area (Å²) in [5.41, 5.74) is 5.95. The number of aromatic nitrogens is 1. The predicted octanol–water partition coefficient (Wildman–Crippen LogP) is 5.77. The lowest BCUT2D eigenvalue weighted by atomic mass is 9.95. The minimum Gasteiger partial charge on any atom is -0.357 e. The first-order chi connectivity index (χ1) is 14.0. The maximum Gasteiger partial charge on any atom is 0.260 e. The molecule has 1 aromatic heterocycles. The number of thioether (sulfide) groups is 1. The van der Waals surface area contributed by atoms with Crippen LogP contribution in [0.2, 0.25) is 0 Å². The molecule has 2 fully saturated rings. The largest absolute Gasteiger partial charge is 0.357 e. The number of hydrogen-bond acceptors (Lipinski definition) is 3. The standard InChI is InChI=1S/C24H31N3OS/c1-4-18-10-12-20(13-11-18)25-24-26-23(28)22(29-24)15-19-14-16(2)27(17(19)3)21-8-6-5-7-9-21/h10-15,21,24-25H,4-9H2,1-3H3,(H,26,28)/b22-15-/t24-/m0/s1. The van der Waals surface area contributed by atoms with Crippen molar-refractivity contribution < 1.29 is 4.79 Å². The quantitative estimate of drug-likeness (QED) is 0.616. The number of amides is 1. The van der Waals surface area contributed by atoms with E-state index in [-0.39, 0.29) is 11.4 Å². The van der Waals surface area contributed by atoms with Crippen LogP contribution in [0.3, 0.4) is 0 Å². The van der Waals surface area contributed by atoms with Crippen molar-refractivity contribution in [1.29, 1.82) is 0 Å². The molecule has 0 bridgehead atoms. The van der Waals surface area contributed by atoms with Crippen LogP contribution in [0.1, 0.15) is 67.6 Å². The lowest BCUT2D eigenvalue weighted by Gasteiger charge is -2.26. The Labute approximate surface area is 178 Å². The van der Waals surface area contributed by atoms with E-state index in [2.05, 4.69) is 72.4 Å². The normalized spacial score (nSPS) is 21.6. The van der Waals surface area contributed by atoms with E-state index >= 15 is 0 Å². The van der Waals surface area contributed by atoms with Crippen molar-refractivity contribution in [1.82, 2.24) is 9.88 Å². The van der Waals surface area contributed by atoms with Crippen molar-refractivity contribution in [2.45, 2.75) is 70.8 Å². The molecule has 1 aliphatic carbocycles. The molecule has 2 heterocycles. The third kappa shape index (κ3) is 4.40. The van der Waals surface area contributed by atoms with Crippen LogP contribution in [0.4, 0.5) is 5.69 Å². The summed E-state index contributed by atoms with van der Waals surface area (Å²) in [4.78, 5) is 13.3. The highest BCUT2D eigenvalue weighted by Gasteiger charge is 2.28. The number of carbonyl (C=O) groups is 1. The minimum atomic E-state index is -0.136. The van der Waals surface area contributed by atoms with Gasteiger partial charge in [0.25, 0.3) is 5.91 Å². The van der Waals surface area contributed by atoms with E-state index in [1.807, 2.05) is 0 Å². The summed E-state index contributed by atoms with van der Waals surface area (Å²) in [6, 6.07) is 11.2. The summed E-state index contributed by atoms with van der Waals surface area (Å²) >= 11 is 1.56. The second-order valence-electron chi connectivity index (χ2n) is 8.16. The number of carbonyl (C=O) groups excluding carboxylic acids is 1. The van der Waals surface area contributed by atoms with Crippen LogP contribution < -0.4 is 10.6 Å². The summed E-state index contributed by atoms with van der Waals surface area (Å²) in [6.07, 6.45) is 9.63. The SMILES string of the molecule is CCc1ccc(N[C@H]2NC(=O)/C(=C/c3cc(C)n(C4CCCCC4)c3C)S2)cc1. The molecule has 0 radical (unpaired) electrons. The molecule has 1 amide bonds. The van der Waals surface area contributed by atoms with Gasteiger partial charge in [-0.2, -0.15) is 0 Å². The Balaban J connectivity index is 1.49. The number of nitrogens with zero attached hydrogens (tertiary/aromatic N) is 1. The van der Waals surface area contributed by atoms with Crippen LogP contribution in [0, 0.1) is 13.8 Å². The van der Waals surface area contributed by atoms with Crippen molar-refractivity contribution in [3.05, 3.63) is 57.8 Å². The van der Waals surface area contributed by atoms with Gasteiger partial charge >= 0.3 is 0 Å². The topological polar surface area (TPSA) is 46.1 Å². The van der Waals surface area contributed by atoms with E-state index in [1.54, 1.807) is 11.8 Å². The van der Waals surface area contributed by atoms with Crippen molar-refractivity contribution in [3.8, 4) is 0 Å². The smallest absolute Gasteiger partial charge is 0.260 e. The summed E-state index contributed by atoms with van der Waals surface area (Å²) in [5.74, 6) is 0.000137. The molecule has 5 heteroatoms. The fourth-order valence-electron chi connectivity index (χ4n) is 4.54. The second kappa shape index (κ2) is 8.70. The summed E-state index contributed by atoms with van der Waals surface area (Å²) in [5, 5.41) is 6.45. The predicted molar refractivity (Wildman–Crippen MR) is 123 cm³/mol. The second-order valence-corrected chi connectivity index (χ2v) is 9.31. The highest BCUT2D eigenvalue weighted by atomic mass is 32.2. The molecule has 1 atom stereocenters. The van der Waals surface area contributed by atoms with Gasteiger partial charge in [-0.05, 0) is 68.5 Å². The van der Waals surface area contributed by atoms with Crippen molar-refractivity contribution >= 4 is 29.4 Å². The van der Waals surface area contributed by atoms with E-state index in [9.17, 15) is 4.79 Å². The first-order valence-corrected chi connectivity index (χ1v) is 11.7. The number of anilines is 1. The summed E-state index contributed by atoms with van der Waals surface area (Å²) in [7, 11) is 0. The highest BCUT2D eigenvalue weighted by Crippen LogP contribution is 2.35. The van der Waals surface area contributed by atoms with E-state index < -0.39 is 0 Å².